The zero-order chi connectivity index (χ0) is 46.5. The van der Waals surface area contributed by atoms with Crippen molar-refractivity contribution in [3.05, 3.63) is 60.8 Å². The Bertz CT molecular complexity index is 1270. The van der Waals surface area contributed by atoms with Gasteiger partial charge in [0.15, 0.2) is 6.10 Å². The molecule has 0 spiro atoms. The highest BCUT2D eigenvalue weighted by atomic mass is 31.2. The first kappa shape index (κ1) is 60.7. The van der Waals surface area contributed by atoms with Gasteiger partial charge in [0.25, 0.3) is 0 Å². The lowest BCUT2D eigenvalue weighted by Gasteiger charge is -2.24. The summed E-state index contributed by atoms with van der Waals surface area (Å²) in [5.74, 6) is -0.882. The summed E-state index contributed by atoms with van der Waals surface area (Å²) >= 11 is 0. The summed E-state index contributed by atoms with van der Waals surface area (Å²) in [4.78, 5) is 35.5. The molecule has 0 rings (SSSR count). The molecule has 0 fully saturated rings. The van der Waals surface area contributed by atoms with Crippen LogP contribution in [0.4, 0.5) is 0 Å². The third-order valence-corrected chi connectivity index (χ3v) is 11.7. The number of rotatable bonds is 45. The highest BCUT2D eigenvalue weighted by Gasteiger charge is 2.27. The molecule has 0 aromatic heterocycles. The molecule has 0 amide bonds. The molecule has 0 saturated carbocycles. The maximum Gasteiger partial charge on any atom is 0.472 e. The monoisotopic (exact) mass is 909 g/mol. The van der Waals surface area contributed by atoms with Crippen LogP contribution in [-0.2, 0) is 32.7 Å². The van der Waals surface area contributed by atoms with Crippen molar-refractivity contribution in [1.82, 2.24) is 0 Å². The van der Waals surface area contributed by atoms with E-state index in [2.05, 4.69) is 61.6 Å². The minimum atomic E-state index is -4.40. The van der Waals surface area contributed by atoms with Gasteiger partial charge in [0.05, 0.1) is 33.9 Å². The van der Waals surface area contributed by atoms with Crippen molar-refractivity contribution in [3.8, 4) is 0 Å². The summed E-state index contributed by atoms with van der Waals surface area (Å²) in [6.45, 7) is 4.08. The van der Waals surface area contributed by atoms with Crippen LogP contribution in [0, 0.1) is 0 Å². The van der Waals surface area contributed by atoms with E-state index in [1.165, 1.54) is 96.3 Å². The first-order chi connectivity index (χ1) is 30.4. The average Bonchev–Trinajstić information content (AvgIpc) is 3.24. The number of carbonyl (C=O) groups is 2. The number of phosphoric ester groups is 1. The molecular formula is C52H95NO9P+. The molecule has 1 unspecified atom stereocenters. The zero-order valence-corrected chi connectivity index (χ0v) is 41.8. The van der Waals surface area contributed by atoms with Gasteiger partial charge in [-0.15, -0.1) is 0 Å². The van der Waals surface area contributed by atoms with Crippen LogP contribution in [0.5, 0.6) is 0 Å². The normalized spacial score (nSPS) is 14.5. The van der Waals surface area contributed by atoms with Gasteiger partial charge in [-0.1, -0.05) is 164 Å². The van der Waals surface area contributed by atoms with Crippen LogP contribution in [0.1, 0.15) is 200 Å². The van der Waals surface area contributed by atoms with Crippen molar-refractivity contribution in [2.24, 2.45) is 0 Å². The van der Waals surface area contributed by atoms with Crippen LogP contribution >= 0.6 is 7.82 Å². The Hall–Kier alpha value is -2.33. The van der Waals surface area contributed by atoms with E-state index >= 15 is 0 Å². The number of phosphoric acid groups is 1. The van der Waals surface area contributed by atoms with Gasteiger partial charge in [-0.3, -0.25) is 18.6 Å². The molecule has 366 valence electrons. The van der Waals surface area contributed by atoms with Gasteiger partial charge < -0.3 is 24.0 Å². The second-order valence-electron chi connectivity index (χ2n) is 18.0. The van der Waals surface area contributed by atoms with Crippen molar-refractivity contribution in [2.45, 2.75) is 212 Å². The molecule has 0 aromatic carbocycles. The molecule has 3 atom stereocenters. The van der Waals surface area contributed by atoms with E-state index in [9.17, 15) is 24.2 Å². The van der Waals surface area contributed by atoms with Crippen LogP contribution in [-0.4, -0.2) is 86.1 Å². The average molecular weight is 909 g/mol. The smallest absolute Gasteiger partial charge is 0.462 e. The quantitative estimate of drug-likeness (QED) is 0.0202. The van der Waals surface area contributed by atoms with Gasteiger partial charge in [-0.2, -0.15) is 0 Å². The van der Waals surface area contributed by atoms with Gasteiger partial charge in [0.1, 0.15) is 19.8 Å². The molecule has 10 nitrogen and oxygen atoms in total. The first-order valence-electron chi connectivity index (χ1n) is 25.1. The van der Waals surface area contributed by atoms with Gasteiger partial charge in [0.2, 0.25) is 0 Å². The number of likely N-dealkylation sites (N-methyl/N-ethyl adjacent to an activating group) is 1. The van der Waals surface area contributed by atoms with E-state index in [0.29, 0.717) is 23.9 Å². The SMILES string of the molecule is CCCCCCCC/C=C\CCCCCCCCCCCCCC(=O)O[C@H](COC(=O)CCC/C=C\C/C=C\C/C=C\C/C=C\CC[C@@H](O)CC)COP(=O)(O)OCC[N+](C)(C)C. The summed E-state index contributed by atoms with van der Waals surface area (Å²) in [7, 11) is 1.42. The van der Waals surface area contributed by atoms with Gasteiger partial charge in [-0.05, 0) is 83.5 Å². The summed E-state index contributed by atoms with van der Waals surface area (Å²) in [5.41, 5.74) is 0. The van der Waals surface area contributed by atoms with Crippen molar-refractivity contribution in [2.75, 3.05) is 47.5 Å². The second kappa shape index (κ2) is 43.6. The lowest BCUT2D eigenvalue weighted by molar-refractivity contribution is -0.870. The van der Waals surface area contributed by atoms with Crippen LogP contribution in [0.25, 0.3) is 0 Å². The lowest BCUT2D eigenvalue weighted by Crippen LogP contribution is -2.37. The number of hydrogen-bond donors (Lipinski definition) is 2. The minimum absolute atomic E-state index is 0.0155. The lowest BCUT2D eigenvalue weighted by atomic mass is 10.0. The molecule has 63 heavy (non-hydrogen) atoms. The van der Waals surface area contributed by atoms with Crippen molar-refractivity contribution in [1.29, 1.82) is 0 Å². The molecule has 0 aliphatic rings. The summed E-state index contributed by atoms with van der Waals surface area (Å²) in [5, 5.41) is 9.58. The topological polar surface area (TPSA) is 129 Å². The number of esters is 2. The highest BCUT2D eigenvalue weighted by Crippen LogP contribution is 2.43. The molecule has 0 saturated heterocycles. The molecule has 0 heterocycles. The number of carbonyl (C=O) groups excluding carboxylic acids is 2. The molecule has 0 radical (unpaired) electrons. The summed E-state index contributed by atoms with van der Waals surface area (Å²) in [6, 6.07) is 0. The fraction of sp³-hybridized carbons (Fsp3) is 0.769. The Kier molecular flexibility index (Phi) is 41.9. The standard InChI is InChI=1S/C52H94NO9P/c1-6-8-9-10-11-12-13-14-15-16-17-18-19-20-21-26-29-32-35-38-41-44-52(56)62-50(48-61-63(57,58)60-46-45-53(3,4)5)47-59-51(55)43-40-37-34-31-28-25-23-22-24-27-30-33-36-39-42-49(54)7-2/h14-15,23-25,27,31,33-34,36,49-50,54H,6-13,16-22,26,28-30,32,35,37-48H2,1-5H3/p+1/b15-14-,25-23-,27-24-,34-31-,36-33-/t49-,50+/m0/s1. The largest absolute Gasteiger partial charge is 0.472 e. The molecule has 0 aromatic rings. The molecular weight excluding hydrogens is 814 g/mol. The van der Waals surface area contributed by atoms with Crippen LogP contribution < -0.4 is 0 Å². The number of aliphatic hydroxyl groups is 1. The van der Waals surface area contributed by atoms with E-state index in [0.717, 1.165) is 64.2 Å². The highest BCUT2D eigenvalue weighted by molar-refractivity contribution is 7.47. The number of unbranched alkanes of at least 4 members (excludes halogenated alkanes) is 18. The summed E-state index contributed by atoms with van der Waals surface area (Å²) in [6.07, 6.45) is 50.8. The maximum atomic E-state index is 12.7. The fourth-order valence-corrected chi connectivity index (χ4v) is 7.31. The van der Waals surface area contributed by atoms with E-state index in [-0.39, 0.29) is 32.2 Å². The molecule has 0 aliphatic heterocycles. The fourth-order valence-electron chi connectivity index (χ4n) is 6.57. The number of nitrogens with zero attached hydrogens (tertiary/aromatic N) is 1. The van der Waals surface area contributed by atoms with E-state index in [4.69, 9.17) is 18.5 Å². The predicted octanol–water partition coefficient (Wildman–Crippen LogP) is 13.8. The zero-order valence-electron chi connectivity index (χ0n) is 40.9. The summed E-state index contributed by atoms with van der Waals surface area (Å²) < 4.78 is 34.3. The van der Waals surface area contributed by atoms with Crippen LogP contribution in [0.2, 0.25) is 0 Å². The Morgan fingerprint density at radius 2 is 1.00 bits per heavy atom. The number of quaternary nitrogens is 1. The maximum absolute atomic E-state index is 12.7. The Labute approximate surface area is 386 Å². The molecule has 0 bridgehead atoms. The van der Waals surface area contributed by atoms with Crippen LogP contribution in [0.3, 0.4) is 0 Å². The Balaban J connectivity index is 4.35. The predicted molar refractivity (Wildman–Crippen MR) is 262 cm³/mol. The van der Waals surface area contributed by atoms with E-state index in [1.807, 2.05) is 34.1 Å². The minimum Gasteiger partial charge on any atom is -0.462 e. The van der Waals surface area contributed by atoms with E-state index < -0.39 is 32.5 Å². The third-order valence-electron chi connectivity index (χ3n) is 10.7. The van der Waals surface area contributed by atoms with Crippen molar-refractivity contribution >= 4 is 19.8 Å². The number of ether oxygens (including phenoxy) is 2. The number of allylic oxidation sites excluding steroid dienone is 10. The second-order valence-corrected chi connectivity index (χ2v) is 19.4. The van der Waals surface area contributed by atoms with Crippen molar-refractivity contribution < 1.29 is 47.2 Å². The number of aliphatic hydroxyl groups excluding tert-OH is 1. The number of hydrogen-bond acceptors (Lipinski definition) is 8. The van der Waals surface area contributed by atoms with Gasteiger partial charge >= 0.3 is 19.8 Å². The van der Waals surface area contributed by atoms with E-state index in [1.54, 1.807) is 0 Å². The first-order valence-corrected chi connectivity index (χ1v) is 26.6. The van der Waals surface area contributed by atoms with Crippen molar-refractivity contribution in [3.63, 3.8) is 0 Å². The third kappa shape index (κ3) is 47.5. The van der Waals surface area contributed by atoms with Crippen LogP contribution in [0.15, 0.2) is 60.8 Å². The Morgan fingerprint density at radius 1 is 0.556 bits per heavy atom. The molecule has 2 N–H and O–H groups in total. The molecule has 0 aliphatic carbocycles. The van der Waals surface area contributed by atoms with Gasteiger partial charge in [-0.25, -0.2) is 4.57 Å². The molecule has 11 heteroatoms. The van der Waals surface area contributed by atoms with Gasteiger partial charge in [0, 0.05) is 12.8 Å². The Morgan fingerprint density at radius 3 is 1.52 bits per heavy atom.